The van der Waals surface area contributed by atoms with Crippen molar-refractivity contribution in [3.8, 4) is 11.1 Å². The fourth-order valence-corrected chi connectivity index (χ4v) is 4.89. The van der Waals surface area contributed by atoms with E-state index < -0.39 is 0 Å². The fourth-order valence-electron chi connectivity index (χ4n) is 4.89. The molecule has 3 heteroatoms. The van der Waals surface area contributed by atoms with E-state index in [2.05, 4.69) is 35.2 Å². The number of carbonyl (C=O) groups is 1. The number of rotatable bonds is 3. The first-order chi connectivity index (χ1) is 13.3. The molecule has 0 radical (unpaired) electrons. The lowest BCUT2D eigenvalue weighted by atomic mass is 9.85. The van der Waals surface area contributed by atoms with Crippen LogP contribution in [0.15, 0.2) is 42.5 Å². The van der Waals surface area contributed by atoms with Gasteiger partial charge < -0.3 is 4.90 Å². The highest BCUT2D eigenvalue weighted by Gasteiger charge is 2.28. The Morgan fingerprint density at radius 2 is 1.56 bits per heavy atom. The average molecular weight is 361 g/mol. The summed E-state index contributed by atoms with van der Waals surface area (Å²) in [6.07, 6.45) is 7.64. The van der Waals surface area contributed by atoms with Crippen LogP contribution in [0.25, 0.3) is 11.1 Å². The summed E-state index contributed by atoms with van der Waals surface area (Å²) in [6, 6.07) is 15.8. The molecule has 2 fully saturated rings. The number of aryl methyl sites for hydroxylation is 1. The predicted octanol–water partition coefficient (Wildman–Crippen LogP) is 4.67. The number of hydrogen-bond acceptors (Lipinski definition) is 2. The van der Waals surface area contributed by atoms with Gasteiger partial charge in [-0.15, -0.1) is 0 Å². The summed E-state index contributed by atoms with van der Waals surface area (Å²) in [7, 11) is 0. The quantitative estimate of drug-likeness (QED) is 0.794. The molecule has 2 heterocycles. The molecule has 1 unspecified atom stereocenters. The molecule has 3 nitrogen and oxygen atoms in total. The molecule has 0 spiro atoms. The minimum absolute atomic E-state index is 0.173. The Bertz CT molecular complexity index is 832. The Morgan fingerprint density at radius 1 is 0.815 bits per heavy atom. The minimum Gasteiger partial charge on any atom is -0.339 e. The van der Waals surface area contributed by atoms with E-state index in [1.54, 1.807) is 5.56 Å². The summed E-state index contributed by atoms with van der Waals surface area (Å²) in [4.78, 5) is 17.0. The molecule has 2 saturated heterocycles. The maximum Gasteiger partial charge on any atom is 0.253 e. The van der Waals surface area contributed by atoms with Crippen LogP contribution in [-0.2, 0) is 6.42 Å². The van der Waals surface area contributed by atoms with Crippen molar-refractivity contribution in [1.82, 2.24) is 9.80 Å². The summed E-state index contributed by atoms with van der Waals surface area (Å²) in [6.45, 7) is 4.32. The molecule has 1 atom stereocenters. The second-order valence-corrected chi connectivity index (χ2v) is 8.29. The monoisotopic (exact) mass is 360 g/mol. The largest absolute Gasteiger partial charge is 0.339 e. The lowest BCUT2D eigenvalue weighted by molar-refractivity contribution is 0.0652. The van der Waals surface area contributed by atoms with Crippen molar-refractivity contribution in [2.45, 2.75) is 44.6 Å². The Balaban J connectivity index is 1.42. The van der Waals surface area contributed by atoms with Crippen LogP contribution < -0.4 is 0 Å². The molecule has 2 aromatic carbocycles. The number of amides is 1. The summed E-state index contributed by atoms with van der Waals surface area (Å²) >= 11 is 0. The summed E-state index contributed by atoms with van der Waals surface area (Å²) in [5, 5.41) is 0. The first-order valence-corrected chi connectivity index (χ1v) is 10.6. The number of nitrogens with zero attached hydrogens (tertiary/aromatic N) is 2. The zero-order valence-electron chi connectivity index (χ0n) is 16.0. The molecule has 140 valence electrons. The lowest BCUT2D eigenvalue weighted by Crippen LogP contribution is -2.41. The topological polar surface area (TPSA) is 23.6 Å². The third-order valence-electron chi connectivity index (χ3n) is 6.62. The Kier molecular flexibility index (Phi) is 4.48. The van der Waals surface area contributed by atoms with Gasteiger partial charge in [0, 0.05) is 24.7 Å². The van der Waals surface area contributed by atoms with Crippen LogP contribution in [0.4, 0.5) is 0 Å². The highest BCUT2D eigenvalue weighted by Crippen LogP contribution is 2.38. The zero-order chi connectivity index (χ0) is 18.2. The van der Waals surface area contributed by atoms with E-state index in [0.717, 1.165) is 25.1 Å². The molecule has 27 heavy (non-hydrogen) atoms. The fraction of sp³-hybridized carbons (Fsp3) is 0.458. The van der Waals surface area contributed by atoms with Gasteiger partial charge in [-0.2, -0.15) is 0 Å². The standard InChI is InChI=1S/C24H28N2O/c27-24(26-15-4-16-26)20-10-7-18(8-11-20)21-12-9-19-5-3-6-23(22(19)17-21)25-13-1-2-14-25/h7-12,17,23H,1-6,13-16H2. The molecule has 1 aliphatic carbocycles. The molecule has 0 aromatic heterocycles. The Hall–Kier alpha value is -2.13. The number of benzene rings is 2. The minimum atomic E-state index is 0.173. The van der Waals surface area contributed by atoms with Crippen LogP contribution in [0.5, 0.6) is 0 Å². The van der Waals surface area contributed by atoms with E-state index in [1.807, 2.05) is 17.0 Å². The second kappa shape index (κ2) is 7.12. The highest BCUT2D eigenvalue weighted by molar-refractivity contribution is 5.95. The smallest absolute Gasteiger partial charge is 0.253 e. The van der Waals surface area contributed by atoms with Crippen molar-refractivity contribution in [3.63, 3.8) is 0 Å². The van der Waals surface area contributed by atoms with E-state index >= 15 is 0 Å². The first-order valence-electron chi connectivity index (χ1n) is 10.6. The van der Waals surface area contributed by atoms with Gasteiger partial charge in [0.05, 0.1) is 0 Å². The summed E-state index contributed by atoms with van der Waals surface area (Å²) in [5.41, 5.74) is 6.38. The predicted molar refractivity (Wildman–Crippen MR) is 109 cm³/mol. The van der Waals surface area contributed by atoms with Crippen LogP contribution in [-0.4, -0.2) is 41.9 Å². The molecule has 1 amide bonds. The molecular formula is C24H28N2O. The number of likely N-dealkylation sites (tertiary alicyclic amines) is 2. The molecule has 0 N–H and O–H groups in total. The highest BCUT2D eigenvalue weighted by atomic mass is 16.2. The Labute approximate surface area is 162 Å². The van der Waals surface area contributed by atoms with Crippen molar-refractivity contribution >= 4 is 5.91 Å². The van der Waals surface area contributed by atoms with E-state index in [1.165, 1.54) is 61.9 Å². The summed E-state index contributed by atoms with van der Waals surface area (Å²) < 4.78 is 0. The normalized spacial score (nSPS) is 22.4. The van der Waals surface area contributed by atoms with Crippen LogP contribution in [0.2, 0.25) is 0 Å². The maximum atomic E-state index is 12.4. The van der Waals surface area contributed by atoms with Crippen LogP contribution in [0, 0.1) is 0 Å². The third kappa shape index (κ3) is 3.19. The van der Waals surface area contributed by atoms with Crippen molar-refractivity contribution < 1.29 is 4.79 Å². The van der Waals surface area contributed by atoms with Crippen molar-refractivity contribution in [2.24, 2.45) is 0 Å². The molecule has 2 aromatic rings. The maximum absolute atomic E-state index is 12.4. The van der Waals surface area contributed by atoms with E-state index in [4.69, 9.17) is 0 Å². The van der Waals surface area contributed by atoms with Gasteiger partial charge in [-0.05, 0) is 92.1 Å². The van der Waals surface area contributed by atoms with Gasteiger partial charge >= 0.3 is 0 Å². The van der Waals surface area contributed by atoms with Crippen molar-refractivity contribution in [1.29, 1.82) is 0 Å². The van der Waals surface area contributed by atoms with Gasteiger partial charge in [-0.25, -0.2) is 0 Å². The van der Waals surface area contributed by atoms with E-state index in [-0.39, 0.29) is 5.91 Å². The van der Waals surface area contributed by atoms with E-state index in [9.17, 15) is 4.79 Å². The van der Waals surface area contributed by atoms with Gasteiger partial charge in [-0.1, -0.05) is 24.3 Å². The molecule has 2 aliphatic heterocycles. The van der Waals surface area contributed by atoms with Gasteiger partial charge in [0.15, 0.2) is 0 Å². The molecular weight excluding hydrogens is 332 g/mol. The number of carbonyl (C=O) groups excluding carboxylic acids is 1. The van der Waals surface area contributed by atoms with E-state index in [0.29, 0.717) is 6.04 Å². The third-order valence-corrected chi connectivity index (χ3v) is 6.62. The van der Waals surface area contributed by atoms with Crippen molar-refractivity contribution in [3.05, 3.63) is 59.2 Å². The van der Waals surface area contributed by atoms with Gasteiger partial charge in [0.1, 0.15) is 0 Å². The summed E-state index contributed by atoms with van der Waals surface area (Å²) in [5.74, 6) is 0.173. The molecule has 5 rings (SSSR count). The Morgan fingerprint density at radius 3 is 2.26 bits per heavy atom. The second-order valence-electron chi connectivity index (χ2n) is 8.29. The van der Waals surface area contributed by atoms with Gasteiger partial charge in [0.2, 0.25) is 0 Å². The van der Waals surface area contributed by atoms with Gasteiger partial charge in [-0.3, -0.25) is 9.69 Å². The van der Waals surface area contributed by atoms with Gasteiger partial charge in [0.25, 0.3) is 5.91 Å². The first kappa shape index (κ1) is 17.0. The zero-order valence-corrected chi connectivity index (χ0v) is 16.0. The number of fused-ring (bicyclic) bond motifs is 1. The molecule has 0 saturated carbocycles. The van der Waals surface area contributed by atoms with Crippen LogP contribution in [0.3, 0.4) is 0 Å². The number of hydrogen-bond donors (Lipinski definition) is 0. The molecule has 3 aliphatic rings. The van der Waals surface area contributed by atoms with Crippen LogP contribution in [0.1, 0.15) is 59.6 Å². The SMILES string of the molecule is O=C(c1ccc(-c2ccc3c(c2)C(N2CCCC2)CCC3)cc1)N1CCC1. The average Bonchev–Trinajstić information content (AvgIpc) is 3.20. The van der Waals surface area contributed by atoms with Crippen LogP contribution >= 0.6 is 0 Å². The molecule has 0 bridgehead atoms. The van der Waals surface area contributed by atoms with Crippen molar-refractivity contribution in [2.75, 3.05) is 26.2 Å². The lowest BCUT2D eigenvalue weighted by Gasteiger charge is -2.33.